The van der Waals surface area contributed by atoms with Crippen LogP contribution in [0.1, 0.15) is 219 Å². The molecule has 2 atom stereocenters. The molecule has 0 heterocycles. The molecule has 4 heteroatoms. The number of nitrogens with one attached hydrogen (secondary N) is 2. The summed E-state index contributed by atoms with van der Waals surface area (Å²) in [6.45, 7) is 8.10. The molecular formula is C40H84N2O2. The average Bonchev–Trinajstić information content (AvgIpc) is 3.02. The van der Waals surface area contributed by atoms with Crippen LogP contribution in [0.3, 0.4) is 0 Å². The predicted octanol–water partition coefficient (Wildman–Crippen LogP) is 11.4. The Balaban J connectivity index is 3.22. The SMILES string of the molecule is CCCCCCCCCCCCCCCC(O)CNCCCCCCNCC(O)CCCCCCCCCCCCCCC. The van der Waals surface area contributed by atoms with Crippen molar-refractivity contribution in [2.24, 2.45) is 0 Å². The minimum absolute atomic E-state index is 0.182. The molecule has 4 nitrogen and oxygen atoms in total. The van der Waals surface area contributed by atoms with Crippen LogP contribution in [0, 0.1) is 0 Å². The fourth-order valence-corrected chi connectivity index (χ4v) is 6.39. The maximum absolute atomic E-state index is 10.2. The molecule has 0 aromatic heterocycles. The molecule has 0 aliphatic rings. The highest BCUT2D eigenvalue weighted by atomic mass is 16.3. The molecule has 0 fully saturated rings. The summed E-state index contributed by atoms with van der Waals surface area (Å²) in [5.41, 5.74) is 0. The van der Waals surface area contributed by atoms with E-state index in [0.29, 0.717) is 0 Å². The van der Waals surface area contributed by atoms with E-state index in [0.717, 1.165) is 39.0 Å². The van der Waals surface area contributed by atoms with E-state index in [9.17, 15) is 10.2 Å². The van der Waals surface area contributed by atoms with Crippen LogP contribution in [-0.2, 0) is 0 Å². The summed E-state index contributed by atoms with van der Waals surface area (Å²) >= 11 is 0. The lowest BCUT2D eigenvalue weighted by Gasteiger charge is -2.12. The van der Waals surface area contributed by atoms with Gasteiger partial charge in [-0.3, -0.25) is 0 Å². The number of hydrogen-bond acceptors (Lipinski definition) is 4. The number of unbranched alkanes of at least 4 members (excludes halogenated alkanes) is 27. The molecule has 0 bridgehead atoms. The highest BCUT2D eigenvalue weighted by Crippen LogP contribution is 2.15. The van der Waals surface area contributed by atoms with Crippen molar-refractivity contribution in [2.45, 2.75) is 232 Å². The second-order valence-corrected chi connectivity index (χ2v) is 14.2. The van der Waals surface area contributed by atoms with Crippen molar-refractivity contribution in [3.63, 3.8) is 0 Å². The predicted molar refractivity (Wildman–Crippen MR) is 197 cm³/mol. The molecule has 0 saturated carbocycles. The third kappa shape index (κ3) is 38.0. The van der Waals surface area contributed by atoms with Gasteiger partial charge < -0.3 is 20.8 Å². The maximum atomic E-state index is 10.2. The van der Waals surface area contributed by atoms with Gasteiger partial charge in [0.05, 0.1) is 12.2 Å². The van der Waals surface area contributed by atoms with Crippen LogP contribution in [0.2, 0.25) is 0 Å². The van der Waals surface area contributed by atoms with E-state index in [-0.39, 0.29) is 12.2 Å². The number of aliphatic hydroxyl groups is 2. The number of hydrogen-bond donors (Lipinski definition) is 4. The van der Waals surface area contributed by atoms with Gasteiger partial charge in [0, 0.05) is 13.1 Å². The Kier molecular flexibility index (Phi) is 38.9. The van der Waals surface area contributed by atoms with E-state index in [2.05, 4.69) is 24.5 Å². The van der Waals surface area contributed by atoms with Gasteiger partial charge in [-0.25, -0.2) is 0 Å². The van der Waals surface area contributed by atoms with Crippen LogP contribution in [0.25, 0.3) is 0 Å². The Labute approximate surface area is 278 Å². The highest BCUT2D eigenvalue weighted by Gasteiger charge is 2.05. The smallest absolute Gasteiger partial charge is 0.0664 e. The molecule has 0 radical (unpaired) electrons. The van der Waals surface area contributed by atoms with Crippen LogP contribution >= 0.6 is 0 Å². The van der Waals surface area contributed by atoms with Crippen LogP contribution in [-0.4, -0.2) is 48.6 Å². The van der Waals surface area contributed by atoms with Crippen LogP contribution in [0.15, 0.2) is 0 Å². The highest BCUT2D eigenvalue weighted by molar-refractivity contribution is 4.62. The first kappa shape index (κ1) is 43.8. The van der Waals surface area contributed by atoms with E-state index in [1.165, 1.54) is 193 Å². The van der Waals surface area contributed by atoms with E-state index in [1.54, 1.807) is 0 Å². The van der Waals surface area contributed by atoms with Crippen molar-refractivity contribution in [1.82, 2.24) is 10.6 Å². The molecule has 266 valence electrons. The van der Waals surface area contributed by atoms with Gasteiger partial charge in [-0.2, -0.15) is 0 Å². The Morgan fingerprint density at radius 3 is 0.818 bits per heavy atom. The van der Waals surface area contributed by atoms with Gasteiger partial charge in [0.1, 0.15) is 0 Å². The molecule has 2 unspecified atom stereocenters. The quantitative estimate of drug-likeness (QED) is 0.0514. The zero-order valence-corrected chi connectivity index (χ0v) is 30.5. The molecule has 0 aromatic rings. The second-order valence-electron chi connectivity index (χ2n) is 14.2. The first-order valence-electron chi connectivity index (χ1n) is 20.5. The number of aliphatic hydroxyl groups excluding tert-OH is 2. The third-order valence-corrected chi connectivity index (χ3v) is 9.50. The van der Waals surface area contributed by atoms with Crippen molar-refractivity contribution >= 4 is 0 Å². The van der Waals surface area contributed by atoms with E-state index < -0.39 is 0 Å². The number of rotatable bonds is 39. The lowest BCUT2D eigenvalue weighted by atomic mass is 10.0. The molecule has 0 amide bonds. The summed E-state index contributed by atoms with van der Waals surface area (Å²) in [6, 6.07) is 0. The Bertz CT molecular complexity index is 460. The molecular weight excluding hydrogens is 540 g/mol. The summed E-state index contributed by atoms with van der Waals surface area (Å²) in [6.07, 6.45) is 42.2. The molecule has 0 aromatic carbocycles. The molecule has 0 aliphatic heterocycles. The van der Waals surface area contributed by atoms with Gasteiger partial charge in [-0.15, -0.1) is 0 Å². The summed E-state index contributed by atoms with van der Waals surface area (Å²) in [7, 11) is 0. The third-order valence-electron chi connectivity index (χ3n) is 9.50. The summed E-state index contributed by atoms with van der Waals surface area (Å²) in [4.78, 5) is 0. The van der Waals surface area contributed by atoms with E-state index >= 15 is 0 Å². The first-order valence-corrected chi connectivity index (χ1v) is 20.5. The van der Waals surface area contributed by atoms with Crippen molar-refractivity contribution in [3.8, 4) is 0 Å². The van der Waals surface area contributed by atoms with Gasteiger partial charge in [0.25, 0.3) is 0 Å². The van der Waals surface area contributed by atoms with E-state index in [1.807, 2.05) is 0 Å². The summed E-state index contributed by atoms with van der Waals surface area (Å²) in [5.74, 6) is 0. The zero-order chi connectivity index (χ0) is 32.0. The monoisotopic (exact) mass is 625 g/mol. The molecule has 4 N–H and O–H groups in total. The van der Waals surface area contributed by atoms with Gasteiger partial charge in [-0.1, -0.05) is 194 Å². The Morgan fingerprint density at radius 2 is 0.545 bits per heavy atom. The van der Waals surface area contributed by atoms with Crippen LogP contribution in [0.5, 0.6) is 0 Å². The molecule has 44 heavy (non-hydrogen) atoms. The largest absolute Gasteiger partial charge is 0.392 e. The maximum Gasteiger partial charge on any atom is 0.0664 e. The zero-order valence-electron chi connectivity index (χ0n) is 30.5. The minimum Gasteiger partial charge on any atom is -0.392 e. The lowest BCUT2D eigenvalue weighted by Crippen LogP contribution is -2.28. The molecule has 0 spiro atoms. The molecule has 0 rings (SSSR count). The fraction of sp³-hybridized carbons (Fsp3) is 1.00. The Morgan fingerprint density at radius 1 is 0.318 bits per heavy atom. The van der Waals surface area contributed by atoms with Gasteiger partial charge in [0.15, 0.2) is 0 Å². The van der Waals surface area contributed by atoms with E-state index in [4.69, 9.17) is 0 Å². The lowest BCUT2D eigenvalue weighted by molar-refractivity contribution is 0.157. The van der Waals surface area contributed by atoms with Crippen LogP contribution in [0.4, 0.5) is 0 Å². The minimum atomic E-state index is -0.182. The summed E-state index contributed by atoms with van der Waals surface area (Å²) < 4.78 is 0. The van der Waals surface area contributed by atoms with Crippen molar-refractivity contribution in [3.05, 3.63) is 0 Å². The normalized spacial score (nSPS) is 13.1. The molecule has 0 saturated heterocycles. The van der Waals surface area contributed by atoms with Gasteiger partial charge in [0.2, 0.25) is 0 Å². The van der Waals surface area contributed by atoms with Crippen LogP contribution < -0.4 is 10.6 Å². The van der Waals surface area contributed by atoms with Gasteiger partial charge in [-0.05, 0) is 38.8 Å². The van der Waals surface area contributed by atoms with Gasteiger partial charge >= 0.3 is 0 Å². The summed E-state index contributed by atoms with van der Waals surface area (Å²) in [5, 5.41) is 27.4. The Hall–Kier alpha value is -0.160. The average molecular weight is 625 g/mol. The topological polar surface area (TPSA) is 64.5 Å². The van der Waals surface area contributed by atoms with Crippen molar-refractivity contribution in [2.75, 3.05) is 26.2 Å². The fourth-order valence-electron chi connectivity index (χ4n) is 6.39. The van der Waals surface area contributed by atoms with Crippen molar-refractivity contribution in [1.29, 1.82) is 0 Å². The molecule has 0 aliphatic carbocycles. The van der Waals surface area contributed by atoms with Crippen molar-refractivity contribution < 1.29 is 10.2 Å². The standard InChI is InChI=1S/C40H84N2O2/c1-3-5-7-9-11-13-15-17-19-21-23-25-29-33-39(43)37-41-35-31-27-28-32-36-42-38-40(44)34-30-26-24-22-20-18-16-14-12-10-8-6-4-2/h39-44H,3-38H2,1-2H3. The second kappa shape index (κ2) is 39.0. The first-order chi connectivity index (χ1) is 21.7.